The van der Waals surface area contributed by atoms with Gasteiger partial charge in [-0.05, 0) is 37.1 Å². The van der Waals surface area contributed by atoms with E-state index in [4.69, 9.17) is 5.11 Å². The molecule has 1 aliphatic rings. The number of aliphatic hydroxyl groups excluding tert-OH is 1. The van der Waals surface area contributed by atoms with Crippen molar-refractivity contribution in [3.8, 4) is 0 Å². The number of fused-ring (bicyclic) bond motifs is 1. The first-order chi connectivity index (χ1) is 9.40. The van der Waals surface area contributed by atoms with Crippen molar-refractivity contribution in [2.75, 3.05) is 18.1 Å². The van der Waals surface area contributed by atoms with Crippen LogP contribution in [0.4, 0.5) is 5.82 Å². The molecule has 3 nitrogen and oxygen atoms in total. The SMILES string of the molecule is OCCCN(c1nccc2ccccc12)C1CCC1. The quantitative estimate of drug-likeness (QED) is 0.893. The average Bonchev–Trinajstić information content (AvgIpc) is 2.41. The first kappa shape index (κ1) is 12.4. The topological polar surface area (TPSA) is 36.4 Å². The summed E-state index contributed by atoms with van der Waals surface area (Å²) in [6.45, 7) is 1.14. The molecule has 1 N–H and O–H groups in total. The van der Waals surface area contributed by atoms with Crippen LogP contribution in [0.3, 0.4) is 0 Å². The highest BCUT2D eigenvalue weighted by molar-refractivity contribution is 5.92. The molecule has 0 saturated heterocycles. The van der Waals surface area contributed by atoms with E-state index in [0.29, 0.717) is 6.04 Å². The molecule has 2 aromatic rings. The lowest BCUT2D eigenvalue weighted by atomic mass is 9.91. The fraction of sp³-hybridized carbons (Fsp3) is 0.438. The van der Waals surface area contributed by atoms with E-state index in [9.17, 15) is 0 Å². The molecule has 19 heavy (non-hydrogen) atoms. The van der Waals surface area contributed by atoms with Crippen LogP contribution in [0, 0.1) is 0 Å². The molecule has 1 saturated carbocycles. The maximum atomic E-state index is 9.10. The van der Waals surface area contributed by atoms with Gasteiger partial charge in [-0.2, -0.15) is 0 Å². The standard InChI is InChI=1S/C16H20N2O/c19-12-4-11-18(14-6-3-7-14)16-15-8-2-1-5-13(15)9-10-17-16/h1-2,5,8-10,14,19H,3-4,6-7,11-12H2. The molecular formula is C16H20N2O. The highest BCUT2D eigenvalue weighted by Gasteiger charge is 2.26. The molecule has 0 bridgehead atoms. The molecule has 1 aromatic heterocycles. The third-order valence-electron chi connectivity index (χ3n) is 4.00. The fourth-order valence-corrected chi connectivity index (χ4v) is 2.73. The largest absolute Gasteiger partial charge is 0.396 e. The van der Waals surface area contributed by atoms with Gasteiger partial charge in [0.25, 0.3) is 0 Å². The Morgan fingerprint density at radius 3 is 2.79 bits per heavy atom. The molecule has 1 heterocycles. The van der Waals surface area contributed by atoms with E-state index in [1.165, 1.54) is 30.0 Å². The maximum absolute atomic E-state index is 9.10. The lowest BCUT2D eigenvalue weighted by molar-refractivity contribution is 0.282. The Morgan fingerprint density at radius 1 is 1.21 bits per heavy atom. The molecule has 0 unspecified atom stereocenters. The van der Waals surface area contributed by atoms with Crippen LogP contribution in [0.1, 0.15) is 25.7 Å². The predicted molar refractivity (Wildman–Crippen MR) is 78.4 cm³/mol. The van der Waals surface area contributed by atoms with Crippen molar-refractivity contribution in [2.45, 2.75) is 31.7 Å². The van der Waals surface area contributed by atoms with Crippen molar-refractivity contribution in [3.63, 3.8) is 0 Å². The Balaban J connectivity index is 1.98. The Bertz CT molecular complexity index is 546. The Kier molecular flexibility index (Phi) is 3.65. The average molecular weight is 256 g/mol. The van der Waals surface area contributed by atoms with Crippen LogP contribution >= 0.6 is 0 Å². The normalized spacial score (nSPS) is 15.4. The van der Waals surface area contributed by atoms with E-state index in [2.05, 4.69) is 40.2 Å². The molecule has 1 fully saturated rings. The number of hydrogen-bond donors (Lipinski definition) is 1. The molecule has 3 rings (SSSR count). The minimum atomic E-state index is 0.244. The summed E-state index contributed by atoms with van der Waals surface area (Å²) in [7, 11) is 0. The van der Waals surface area contributed by atoms with Crippen LogP contribution in [0.15, 0.2) is 36.5 Å². The smallest absolute Gasteiger partial charge is 0.136 e. The Morgan fingerprint density at radius 2 is 2.05 bits per heavy atom. The lowest BCUT2D eigenvalue weighted by Crippen LogP contribution is -2.41. The predicted octanol–water partition coefficient (Wildman–Crippen LogP) is 2.98. The van der Waals surface area contributed by atoms with E-state index >= 15 is 0 Å². The summed E-state index contributed by atoms with van der Waals surface area (Å²) in [5, 5.41) is 11.6. The molecule has 1 aromatic carbocycles. The Hall–Kier alpha value is -1.61. The van der Waals surface area contributed by atoms with Gasteiger partial charge in [-0.25, -0.2) is 4.98 Å². The van der Waals surface area contributed by atoms with Crippen LogP contribution in [-0.2, 0) is 0 Å². The number of aromatic nitrogens is 1. The second kappa shape index (κ2) is 5.57. The minimum Gasteiger partial charge on any atom is -0.396 e. The van der Waals surface area contributed by atoms with E-state index in [1.807, 2.05) is 6.20 Å². The summed E-state index contributed by atoms with van der Waals surface area (Å²) in [6.07, 6.45) is 6.50. The number of benzene rings is 1. The van der Waals surface area contributed by atoms with E-state index in [1.54, 1.807) is 0 Å². The third kappa shape index (κ3) is 2.43. The van der Waals surface area contributed by atoms with E-state index in [0.717, 1.165) is 18.8 Å². The summed E-state index contributed by atoms with van der Waals surface area (Å²) in [4.78, 5) is 7.00. The minimum absolute atomic E-state index is 0.244. The van der Waals surface area contributed by atoms with Crippen LogP contribution in [0.2, 0.25) is 0 Å². The zero-order valence-corrected chi connectivity index (χ0v) is 11.1. The first-order valence-electron chi connectivity index (χ1n) is 7.11. The van der Waals surface area contributed by atoms with Crippen molar-refractivity contribution in [3.05, 3.63) is 36.5 Å². The first-order valence-corrected chi connectivity index (χ1v) is 7.11. The summed E-state index contributed by atoms with van der Waals surface area (Å²) >= 11 is 0. The monoisotopic (exact) mass is 256 g/mol. The van der Waals surface area contributed by atoms with Crippen molar-refractivity contribution in [2.24, 2.45) is 0 Å². The number of rotatable bonds is 5. The number of aliphatic hydroxyl groups is 1. The molecule has 3 heteroatoms. The summed E-state index contributed by atoms with van der Waals surface area (Å²) in [6, 6.07) is 11.1. The van der Waals surface area contributed by atoms with Crippen LogP contribution in [0.25, 0.3) is 10.8 Å². The van der Waals surface area contributed by atoms with Gasteiger partial charge in [-0.1, -0.05) is 24.3 Å². The van der Waals surface area contributed by atoms with E-state index < -0.39 is 0 Å². The number of pyridine rings is 1. The van der Waals surface area contributed by atoms with Gasteiger partial charge in [0.05, 0.1) is 0 Å². The lowest BCUT2D eigenvalue weighted by Gasteiger charge is -2.39. The third-order valence-corrected chi connectivity index (χ3v) is 4.00. The molecule has 0 atom stereocenters. The number of hydrogen-bond acceptors (Lipinski definition) is 3. The highest BCUT2D eigenvalue weighted by Crippen LogP contribution is 2.32. The van der Waals surface area contributed by atoms with Crippen molar-refractivity contribution < 1.29 is 5.11 Å². The number of anilines is 1. The van der Waals surface area contributed by atoms with Gasteiger partial charge in [0, 0.05) is 30.8 Å². The fourth-order valence-electron chi connectivity index (χ4n) is 2.73. The van der Waals surface area contributed by atoms with Gasteiger partial charge in [0.2, 0.25) is 0 Å². The second-order valence-corrected chi connectivity index (χ2v) is 5.21. The van der Waals surface area contributed by atoms with E-state index in [-0.39, 0.29) is 6.61 Å². The van der Waals surface area contributed by atoms with Crippen LogP contribution in [0.5, 0.6) is 0 Å². The molecule has 100 valence electrons. The van der Waals surface area contributed by atoms with Gasteiger partial charge >= 0.3 is 0 Å². The zero-order chi connectivity index (χ0) is 13.1. The van der Waals surface area contributed by atoms with Gasteiger partial charge in [0.15, 0.2) is 0 Å². The summed E-state index contributed by atoms with van der Waals surface area (Å²) in [5.41, 5.74) is 0. The van der Waals surface area contributed by atoms with Crippen molar-refractivity contribution in [1.82, 2.24) is 4.98 Å². The Labute approximate surface area is 113 Å². The van der Waals surface area contributed by atoms with Gasteiger partial charge < -0.3 is 10.0 Å². The summed E-state index contributed by atoms with van der Waals surface area (Å²) < 4.78 is 0. The molecule has 0 aliphatic heterocycles. The highest BCUT2D eigenvalue weighted by atomic mass is 16.3. The van der Waals surface area contributed by atoms with Crippen LogP contribution in [-0.4, -0.2) is 29.3 Å². The van der Waals surface area contributed by atoms with Crippen molar-refractivity contribution in [1.29, 1.82) is 0 Å². The molecule has 0 amide bonds. The van der Waals surface area contributed by atoms with Crippen molar-refractivity contribution >= 4 is 16.6 Å². The van der Waals surface area contributed by atoms with Crippen LogP contribution < -0.4 is 4.90 Å². The number of nitrogens with zero attached hydrogens (tertiary/aromatic N) is 2. The second-order valence-electron chi connectivity index (χ2n) is 5.21. The summed E-state index contributed by atoms with van der Waals surface area (Å²) in [5.74, 6) is 1.08. The van der Waals surface area contributed by atoms with Gasteiger partial charge in [-0.3, -0.25) is 0 Å². The maximum Gasteiger partial charge on any atom is 0.136 e. The molecule has 0 spiro atoms. The van der Waals surface area contributed by atoms with Gasteiger partial charge in [0.1, 0.15) is 5.82 Å². The molecule has 0 radical (unpaired) electrons. The van der Waals surface area contributed by atoms with Gasteiger partial charge in [-0.15, -0.1) is 0 Å². The molecular weight excluding hydrogens is 236 g/mol. The molecule has 1 aliphatic carbocycles. The zero-order valence-electron chi connectivity index (χ0n) is 11.1.